The second kappa shape index (κ2) is 8.29. The number of rotatable bonds is 4. The molecule has 29 heavy (non-hydrogen) atoms. The summed E-state index contributed by atoms with van der Waals surface area (Å²) in [5, 5.41) is 21.1. The number of hydrogen-bond donors (Lipinski definition) is 1. The fourth-order valence-electron chi connectivity index (χ4n) is 2.77. The molecule has 0 aromatic carbocycles. The lowest BCUT2D eigenvalue weighted by Crippen LogP contribution is -2.58. The Bertz CT molecular complexity index is 835. The van der Waals surface area contributed by atoms with E-state index in [0.29, 0.717) is 0 Å². The number of amides is 1. The predicted octanol–water partition coefficient (Wildman–Crippen LogP) is 1.29. The molecule has 1 aromatic rings. The molecule has 12 nitrogen and oxygen atoms in total. The van der Waals surface area contributed by atoms with E-state index in [9.17, 15) is 29.6 Å². The summed E-state index contributed by atoms with van der Waals surface area (Å²) in [4.78, 5) is 52.8. The van der Waals surface area contributed by atoms with Crippen molar-refractivity contribution in [2.75, 3.05) is 31.6 Å². The Morgan fingerprint density at radius 2 is 1.97 bits per heavy atom. The highest BCUT2D eigenvalue weighted by Crippen LogP contribution is 2.30. The number of pyridine rings is 1. The summed E-state index contributed by atoms with van der Waals surface area (Å²) in [6.07, 6.45) is 0.403. The molecule has 1 aliphatic heterocycles. The van der Waals surface area contributed by atoms with Crippen molar-refractivity contribution in [2.45, 2.75) is 32.4 Å². The molecule has 0 aliphatic carbocycles. The van der Waals surface area contributed by atoms with Crippen molar-refractivity contribution in [1.82, 2.24) is 9.88 Å². The van der Waals surface area contributed by atoms with E-state index < -0.39 is 40.3 Å². The van der Waals surface area contributed by atoms with Crippen molar-refractivity contribution in [1.29, 1.82) is 0 Å². The lowest BCUT2D eigenvalue weighted by atomic mass is 10.1. The average Bonchev–Trinajstić information content (AvgIpc) is 2.64. The zero-order valence-electron chi connectivity index (χ0n) is 16.4. The van der Waals surface area contributed by atoms with Crippen LogP contribution in [0.25, 0.3) is 0 Å². The van der Waals surface area contributed by atoms with Crippen LogP contribution in [0.5, 0.6) is 0 Å². The Hall–Kier alpha value is -3.44. The fraction of sp³-hybridized carbons (Fsp3) is 0.529. The van der Waals surface area contributed by atoms with Crippen LogP contribution in [0.1, 0.15) is 31.1 Å². The SMILES string of the molecule is COC(=O)c1cnc(N2CCN(C(=O)OC(C)(C)C)CC2C(=O)O)c([N+](=O)[O-])c1. The van der Waals surface area contributed by atoms with Crippen LogP contribution >= 0.6 is 0 Å². The number of ether oxygens (including phenoxy) is 2. The molecule has 0 saturated carbocycles. The number of esters is 1. The number of carboxylic acids is 1. The summed E-state index contributed by atoms with van der Waals surface area (Å²) in [5.41, 5.74) is -1.43. The third-order valence-electron chi connectivity index (χ3n) is 4.05. The normalized spacial score (nSPS) is 16.9. The number of anilines is 1. The van der Waals surface area contributed by atoms with Gasteiger partial charge in [0.2, 0.25) is 5.82 Å². The van der Waals surface area contributed by atoms with E-state index in [1.54, 1.807) is 20.8 Å². The largest absolute Gasteiger partial charge is 0.480 e. The van der Waals surface area contributed by atoms with Crippen LogP contribution in [0.15, 0.2) is 12.3 Å². The van der Waals surface area contributed by atoms with Crippen LogP contribution in [-0.4, -0.2) is 76.3 Å². The number of carbonyl (C=O) groups excluding carboxylic acids is 2. The first kappa shape index (κ1) is 21.9. The number of piperazine rings is 1. The molecule has 2 heterocycles. The van der Waals surface area contributed by atoms with Gasteiger partial charge in [0.05, 0.1) is 24.1 Å². The number of carbonyl (C=O) groups is 3. The van der Waals surface area contributed by atoms with Crippen molar-refractivity contribution in [3.05, 3.63) is 27.9 Å². The second-order valence-electron chi connectivity index (χ2n) is 7.29. The molecule has 1 aliphatic rings. The fourth-order valence-corrected chi connectivity index (χ4v) is 2.77. The molecule has 1 atom stereocenters. The molecule has 0 bridgehead atoms. The molecule has 1 fully saturated rings. The highest BCUT2D eigenvalue weighted by atomic mass is 16.6. The maximum absolute atomic E-state index is 12.3. The summed E-state index contributed by atoms with van der Waals surface area (Å²) in [7, 11) is 1.12. The van der Waals surface area contributed by atoms with E-state index in [1.165, 1.54) is 9.80 Å². The van der Waals surface area contributed by atoms with Crippen molar-refractivity contribution in [3.63, 3.8) is 0 Å². The Balaban J connectivity index is 2.35. The molecular weight excluding hydrogens is 388 g/mol. The Labute approximate surface area is 166 Å². The molecule has 1 saturated heterocycles. The molecule has 12 heteroatoms. The Kier molecular flexibility index (Phi) is 6.25. The molecule has 1 N–H and O–H groups in total. The minimum atomic E-state index is -1.29. The highest BCUT2D eigenvalue weighted by Gasteiger charge is 2.39. The van der Waals surface area contributed by atoms with Gasteiger partial charge < -0.3 is 24.4 Å². The van der Waals surface area contributed by atoms with E-state index in [4.69, 9.17) is 4.74 Å². The standard InChI is InChI=1S/C17H22N4O8/c1-17(2,3)29-16(25)19-5-6-20(12(9-19)14(22)23)13-11(21(26)27)7-10(8-18-13)15(24)28-4/h7-8,12H,5-6,9H2,1-4H3,(H,22,23). The van der Waals surface area contributed by atoms with Gasteiger partial charge >= 0.3 is 23.7 Å². The minimum absolute atomic E-state index is 0.0262. The Morgan fingerprint density at radius 3 is 2.48 bits per heavy atom. The van der Waals surface area contributed by atoms with Gasteiger partial charge in [-0.15, -0.1) is 0 Å². The molecule has 0 spiro atoms. The summed E-state index contributed by atoms with van der Waals surface area (Å²) >= 11 is 0. The molecule has 1 amide bonds. The number of nitro groups is 1. The Morgan fingerprint density at radius 1 is 1.31 bits per heavy atom. The van der Waals surface area contributed by atoms with E-state index in [-0.39, 0.29) is 31.0 Å². The monoisotopic (exact) mass is 410 g/mol. The quantitative estimate of drug-likeness (QED) is 0.436. The zero-order chi connectivity index (χ0) is 21.9. The molecule has 1 unspecified atom stereocenters. The number of aliphatic carboxylic acids is 1. The van der Waals surface area contributed by atoms with Crippen molar-refractivity contribution in [3.8, 4) is 0 Å². The lowest BCUT2D eigenvalue weighted by Gasteiger charge is -2.39. The van der Waals surface area contributed by atoms with Crippen LogP contribution in [0.4, 0.5) is 16.3 Å². The number of hydrogen-bond acceptors (Lipinski definition) is 9. The number of carboxylic acid groups (broad SMARTS) is 1. The first-order chi connectivity index (χ1) is 13.4. The van der Waals surface area contributed by atoms with Gasteiger partial charge in [0.1, 0.15) is 11.6 Å². The van der Waals surface area contributed by atoms with E-state index in [1.807, 2.05) is 0 Å². The van der Waals surface area contributed by atoms with Gasteiger partial charge in [-0.1, -0.05) is 0 Å². The van der Waals surface area contributed by atoms with Crippen molar-refractivity contribution in [2.24, 2.45) is 0 Å². The molecular formula is C17H22N4O8. The summed E-state index contributed by atoms with van der Waals surface area (Å²) in [6, 6.07) is -0.306. The van der Waals surface area contributed by atoms with E-state index >= 15 is 0 Å². The molecule has 0 radical (unpaired) electrons. The lowest BCUT2D eigenvalue weighted by molar-refractivity contribution is -0.384. The first-order valence-corrected chi connectivity index (χ1v) is 8.64. The van der Waals surface area contributed by atoms with E-state index in [2.05, 4.69) is 9.72 Å². The van der Waals surface area contributed by atoms with Crippen LogP contribution in [0.2, 0.25) is 0 Å². The van der Waals surface area contributed by atoms with Crippen molar-refractivity contribution < 1.29 is 33.9 Å². The summed E-state index contributed by atoms with van der Waals surface area (Å²) in [5.74, 6) is -2.30. The minimum Gasteiger partial charge on any atom is -0.480 e. The second-order valence-corrected chi connectivity index (χ2v) is 7.29. The number of nitrogens with zero attached hydrogens (tertiary/aromatic N) is 4. The smallest absolute Gasteiger partial charge is 0.410 e. The summed E-state index contributed by atoms with van der Waals surface area (Å²) < 4.78 is 9.79. The third-order valence-corrected chi connectivity index (χ3v) is 4.05. The van der Waals surface area contributed by atoms with Gasteiger partial charge in [0.15, 0.2) is 0 Å². The van der Waals surface area contributed by atoms with E-state index in [0.717, 1.165) is 19.4 Å². The van der Waals surface area contributed by atoms with Crippen molar-refractivity contribution >= 4 is 29.5 Å². The average molecular weight is 410 g/mol. The topological polar surface area (TPSA) is 152 Å². The van der Waals surface area contributed by atoms with Gasteiger partial charge in [-0.25, -0.2) is 19.4 Å². The van der Waals surface area contributed by atoms with Crippen LogP contribution in [-0.2, 0) is 14.3 Å². The summed E-state index contributed by atoms with van der Waals surface area (Å²) in [6.45, 7) is 4.86. The van der Waals surface area contributed by atoms with Gasteiger partial charge in [-0.3, -0.25) is 10.1 Å². The number of aromatic nitrogens is 1. The first-order valence-electron chi connectivity index (χ1n) is 8.64. The maximum Gasteiger partial charge on any atom is 0.410 e. The van der Waals surface area contributed by atoms with Gasteiger partial charge in [0, 0.05) is 25.4 Å². The number of methoxy groups -OCH3 is 1. The highest BCUT2D eigenvalue weighted by molar-refractivity contribution is 5.91. The molecule has 158 valence electrons. The third kappa shape index (κ3) is 5.09. The zero-order valence-corrected chi connectivity index (χ0v) is 16.4. The molecule has 1 aromatic heterocycles. The van der Waals surface area contributed by atoms with Crippen LogP contribution in [0.3, 0.4) is 0 Å². The molecule has 2 rings (SSSR count). The van der Waals surface area contributed by atoms with Gasteiger partial charge in [-0.2, -0.15) is 0 Å². The predicted molar refractivity (Wildman–Crippen MR) is 98.8 cm³/mol. The van der Waals surface area contributed by atoms with Crippen LogP contribution < -0.4 is 4.90 Å². The van der Waals surface area contributed by atoms with Gasteiger partial charge in [-0.05, 0) is 20.8 Å². The van der Waals surface area contributed by atoms with Gasteiger partial charge in [0.25, 0.3) is 0 Å². The van der Waals surface area contributed by atoms with Crippen LogP contribution in [0, 0.1) is 10.1 Å². The maximum atomic E-state index is 12.3.